The van der Waals surface area contributed by atoms with Crippen LogP contribution < -0.4 is 0 Å². The van der Waals surface area contributed by atoms with Crippen molar-refractivity contribution in [2.45, 2.75) is 6.54 Å². The van der Waals surface area contributed by atoms with Gasteiger partial charge in [-0.1, -0.05) is 45.7 Å². The van der Waals surface area contributed by atoms with Crippen LogP contribution in [-0.4, -0.2) is 19.7 Å². The molecule has 0 amide bonds. The minimum absolute atomic E-state index is 0.429. The number of hydrogen-bond acceptors (Lipinski definition) is 3. The first-order chi connectivity index (χ1) is 8.75. The first-order valence-corrected chi connectivity index (χ1v) is 6.48. The Balaban J connectivity index is 2.06. The maximum absolute atomic E-state index is 5.99. The van der Waals surface area contributed by atoms with Crippen LogP contribution in [0.15, 0.2) is 41.3 Å². The van der Waals surface area contributed by atoms with Gasteiger partial charge in [0, 0.05) is 4.47 Å². The lowest BCUT2D eigenvalue weighted by atomic mass is 10.2. The molecular weight excluding hydrogens is 316 g/mol. The van der Waals surface area contributed by atoms with E-state index in [0.29, 0.717) is 11.7 Å². The van der Waals surface area contributed by atoms with Crippen molar-refractivity contribution in [3.63, 3.8) is 0 Å². The van der Waals surface area contributed by atoms with Gasteiger partial charge in [0.1, 0.15) is 11.5 Å². The molecule has 6 heteroatoms. The van der Waals surface area contributed by atoms with Crippen molar-refractivity contribution in [1.82, 2.24) is 19.7 Å². The molecule has 0 N–H and O–H groups in total. The van der Waals surface area contributed by atoms with E-state index in [1.54, 1.807) is 6.20 Å². The Morgan fingerprint density at radius 3 is 2.89 bits per heavy atom. The van der Waals surface area contributed by atoms with Crippen LogP contribution in [0.3, 0.4) is 0 Å². The van der Waals surface area contributed by atoms with E-state index in [-0.39, 0.29) is 0 Å². The van der Waals surface area contributed by atoms with E-state index in [1.807, 2.05) is 28.9 Å². The third-order valence-corrected chi connectivity index (χ3v) is 3.74. The number of benzene rings is 1. The second-order valence-corrected chi connectivity index (χ2v) is 5.01. The van der Waals surface area contributed by atoms with Gasteiger partial charge in [-0.05, 0) is 11.6 Å². The highest BCUT2D eigenvalue weighted by Gasteiger charge is 2.09. The molecule has 90 valence electrons. The normalized spacial score (nSPS) is 11.0. The molecule has 0 atom stereocenters. The second-order valence-electron chi connectivity index (χ2n) is 3.80. The van der Waals surface area contributed by atoms with Crippen molar-refractivity contribution in [1.29, 1.82) is 0 Å². The number of halogens is 2. The molecule has 18 heavy (non-hydrogen) atoms. The summed E-state index contributed by atoms with van der Waals surface area (Å²) in [5.41, 5.74) is 1.88. The van der Waals surface area contributed by atoms with Gasteiger partial charge in [-0.2, -0.15) is 5.10 Å². The summed E-state index contributed by atoms with van der Waals surface area (Å²) in [5, 5.41) is 5.50. The zero-order chi connectivity index (χ0) is 12.5. The summed E-state index contributed by atoms with van der Waals surface area (Å²) >= 11 is 9.51. The summed E-state index contributed by atoms with van der Waals surface area (Å²) in [7, 11) is 0. The summed E-state index contributed by atoms with van der Waals surface area (Å²) in [4.78, 5) is 8.15. The van der Waals surface area contributed by atoms with Crippen LogP contribution in [0.1, 0.15) is 5.56 Å². The summed E-state index contributed by atoms with van der Waals surface area (Å²) in [6.45, 7) is 0.637. The lowest BCUT2D eigenvalue weighted by molar-refractivity contribution is 0.701. The SMILES string of the molecule is Clc1ncnc2c1cnn2Cc1ccccc1Br. The predicted molar refractivity (Wildman–Crippen MR) is 73.6 cm³/mol. The largest absolute Gasteiger partial charge is 0.243 e. The fourth-order valence-corrected chi connectivity index (χ4v) is 2.36. The molecule has 0 radical (unpaired) electrons. The second kappa shape index (κ2) is 4.66. The fourth-order valence-electron chi connectivity index (χ4n) is 1.77. The molecule has 4 nitrogen and oxygen atoms in total. The third-order valence-electron chi connectivity index (χ3n) is 2.66. The maximum atomic E-state index is 5.99. The van der Waals surface area contributed by atoms with Crippen molar-refractivity contribution in [3.05, 3.63) is 52.0 Å². The Labute approximate surface area is 117 Å². The lowest BCUT2D eigenvalue weighted by Gasteiger charge is -2.05. The zero-order valence-corrected chi connectivity index (χ0v) is 11.6. The fraction of sp³-hybridized carbons (Fsp3) is 0.0833. The van der Waals surface area contributed by atoms with Gasteiger partial charge in [0.25, 0.3) is 0 Å². The highest BCUT2D eigenvalue weighted by Crippen LogP contribution is 2.21. The monoisotopic (exact) mass is 322 g/mol. The first-order valence-electron chi connectivity index (χ1n) is 5.31. The highest BCUT2D eigenvalue weighted by atomic mass is 79.9. The average Bonchev–Trinajstić information content (AvgIpc) is 2.77. The van der Waals surface area contributed by atoms with Crippen molar-refractivity contribution in [3.8, 4) is 0 Å². The molecular formula is C12H8BrClN4. The van der Waals surface area contributed by atoms with E-state index >= 15 is 0 Å². The Morgan fingerprint density at radius 2 is 2.06 bits per heavy atom. The van der Waals surface area contributed by atoms with Gasteiger partial charge in [0.2, 0.25) is 0 Å². The lowest BCUT2D eigenvalue weighted by Crippen LogP contribution is -2.03. The minimum Gasteiger partial charge on any atom is -0.243 e. The van der Waals surface area contributed by atoms with E-state index in [9.17, 15) is 0 Å². The molecule has 0 fully saturated rings. The Morgan fingerprint density at radius 1 is 1.22 bits per heavy atom. The summed E-state index contributed by atoms with van der Waals surface area (Å²) in [6, 6.07) is 8.02. The zero-order valence-electron chi connectivity index (χ0n) is 9.22. The molecule has 3 aromatic rings. The molecule has 0 saturated carbocycles. The molecule has 0 saturated heterocycles. The van der Waals surface area contributed by atoms with Crippen LogP contribution in [0, 0.1) is 0 Å². The molecule has 2 aromatic heterocycles. The Kier molecular flexibility index (Phi) is 3.01. The molecule has 2 heterocycles. The predicted octanol–water partition coefficient (Wildman–Crippen LogP) is 3.29. The Bertz CT molecular complexity index is 710. The molecule has 0 spiro atoms. The quantitative estimate of drug-likeness (QED) is 0.680. The molecule has 0 aliphatic carbocycles. The smallest absolute Gasteiger partial charge is 0.162 e. The van der Waals surface area contributed by atoms with E-state index in [2.05, 4.69) is 31.0 Å². The van der Waals surface area contributed by atoms with Crippen molar-refractivity contribution in [2.24, 2.45) is 0 Å². The van der Waals surface area contributed by atoms with Crippen LogP contribution in [0.4, 0.5) is 0 Å². The average molecular weight is 324 g/mol. The van der Waals surface area contributed by atoms with E-state index < -0.39 is 0 Å². The van der Waals surface area contributed by atoms with E-state index in [1.165, 1.54) is 6.33 Å². The highest BCUT2D eigenvalue weighted by molar-refractivity contribution is 9.10. The first kappa shape index (κ1) is 11.6. The molecule has 1 aromatic carbocycles. The molecule has 0 aliphatic heterocycles. The van der Waals surface area contributed by atoms with Crippen molar-refractivity contribution < 1.29 is 0 Å². The van der Waals surface area contributed by atoms with E-state index in [4.69, 9.17) is 11.6 Å². The topological polar surface area (TPSA) is 43.6 Å². The van der Waals surface area contributed by atoms with Crippen molar-refractivity contribution >= 4 is 38.6 Å². The number of hydrogen-bond donors (Lipinski definition) is 0. The minimum atomic E-state index is 0.429. The van der Waals surface area contributed by atoms with Gasteiger partial charge >= 0.3 is 0 Å². The number of rotatable bonds is 2. The van der Waals surface area contributed by atoms with Crippen LogP contribution >= 0.6 is 27.5 Å². The van der Waals surface area contributed by atoms with E-state index in [0.717, 1.165) is 21.1 Å². The molecule has 3 rings (SSSR count). The van der Waals surface area contributed by atoms with Crippen LogP contribution in [0.2, 0.25) is 5.15 Å². The van der Waals surface area contributed by atoms with Crippen molar-refractivity contribution in [2.75, 3.05) is 0 Å². The summed E-state index contributed by atoms with van der Waals surface area (Å²) in [5.74, 6) is 0. The number of fused-ring (bicyclic) bond motifs is 1. The molecule has 0 unspecified atom stereocenters. The van der Waals surface area contributed by atoms with Gasteiger partial charge in [0.15, 0.2) is 5.65 Å². The van der Waals surface area contributed by atoms with Crippen LogP contribution in [-0.2, 0) is 6.54 Å². The Hall–Kier alpha value is -1.46. The van der Waals surface area contributed by atoms with Gasteiger partial charge in [-0.25, -0.2) is 14.6 Å². The van der Waals surface area contributed by atoms with Crippen LogP contribution in [0.25, 0.3) is 11.0 Å². The number of nitrogens with zero attached hydrogens (tertiary/aromatic N) is 4. The maximum Gasteiger partial charge on any atom is 0.162 e. The summed E-state index contributed by atoms with van der Waals surface area (Å²) < 4.78 is 2.86. The molecule has 0 bridgehead atoms. The standard InChI is InChI=1S/C12H8BrClN4/c13-10-4-2-1-3-8(10)6-18-12-9(5-17-18)11(14)15-7-16-12/h1-5,7H,6H2. The summed E-state index contributed by atoms with van der Waals surface area (Å²) in [6.07, 6.45) is 3.14. The van der Waals surface area contributed by atoms with Crippen LogP contribution in [0.5, 0.6) is 0 Å². The van der Waals surface area contributed by atoms with Gasteiger partial charge < -0.3 is 0 Å². The molecule has 0 aliphatic rings. The van der Waals surface area contributed by atoms with Gasteiger partial charge in [-0.3, -0.25) is 0 Å². The third kappa shape index (κ3) is 2.00. The van der Waals surface area contributed by atoms with Gasteiger partial charge in [-0.15, -0.1) is 0 Å². The number of aromatic nitrogens is 4. The van der Waals surface area contributed by atoms with Gasteiger partial charge in [0.05, 0.1) is 18.1 Å².